The van der Waals surface area contributed by atoms with Crippen LogP contribution in [-0.2, 0) is 0 Å². The lowest BCUT2D eigenvalue weighted by atomic mass is 9.96. The zero-order valence-electron chi connectivity index (χ0n) is 10.9. The Morgan fingerprint density at radius 3 is 2.72 bits per heavy atom. The molecule has 4 heteroatoms. The third-order valence-corrected chi connectivity index (χ3v) is 4.05. The summed E-state index contributed by atoms with van der Waals surface area (Å²) in [4.78, 5) is 6.58. The van der Waals surface area contributed by atoms with E-state index >= 15 is 0 Å². The van der Waals surface area contributed by atoms with Gasteiger partial charge in [0, 0.05) is 10.2 Å². The van der Waals surface area contributed by atoms with Gasteiger partial charge in [-0.15, -0.1) is 0 Å². The van der Waals surface area contributed by atoms with E-state index in [0.29, 0.717) is 17.9 Å². The van der Waals surface area contributed by atoms with E-state index < -0.39 is 0 Å². The maximum absolute atomic E-state index is 6.04. The minimum absolute atomic E-state index is 0.395. The van der Waals surface area contributed by atoms with Crippen molar-refractivity contribution < 1.29 is 0 Å². The lowest BCUT2D eigenvalue weighted by Gasteiger charge is -2.30. The van der Waals surface area contributed by atoms with Crippen LogP contribution in [0, 0.1) is 5.92 Å². The normalized spacial score (nSPS) is 20.9. The van der Waals surface area contributed by atoms with Crippen LogP contribution in [0.3, 0.4) is 0 Å². The van der Waals surface area contributed by atoms with Gasteiger partial charge in [-0.05, 0) is 36.6 Å². The van der Waals surface area contributed by atoms with Gasteiger partial charge in [0.05, 0.1) is 12.6 Å². The second-order valence-electron chi connectivity index (χ2n) is 4.88. The van der Waals surface area contributed by atoms with Crippen LogP contribution in [0.5, 0.6) is 0 Å². The molecule has 0 fully saturated rings. The van der Waals surface area contributed by atoms with Gasteiger partial charge in [-0.2, -0.15) is 0 Å². The lowest BCUT2D eigenvalue weighted by Crippen LogP contribution is -2.44. The molecular weight excluding hydrogens is 290 g/mol. The Morgan fingerprint density at radius 2 is 2.11 bits per heavy atom. The maximum Gasteiger partial charge on any atom is 0.196 e. The molecule has 1 heterocycles. The van der Waals surface area contributed by atoms with Crippen LogP contribution in [0.4, 0.5) is 5.69 Å². The lowest BCUT2D eigenvalue weighted by molar-refractivity contribution is 0.439. The average molecular weight is 310 g/mol. The number of benzene rings is 1. The summed E-state index contributed by atoms with van der Waals surface area (Å²) in [7, 11) is 0. The number of anilines is 1. The Morgan fingerprint density at radius 1 is 1.44 bits per heavy atom. The predicted molar refractivity (Wildman–Crippen MR) is 81.0 cm³/mol. The first-order valence-electron chi connectivity index (χ1n) is 6.48. The summed E-state index contributed by atoms with van der Waals surface area (Å²) in [6.45, 7) is 5.32. The van der Waals surface area contributed by atoms with Crippen molar-refractivity contribution in [2.24, 2.45) is 16.6 Å². The van der Waals surface area contributed by atoms with E-state index in [4.69, 9.17) is 5.73 Å². The molecule has 0 bridgehead atoms. The molecule has 0 amide bonds. The fourth-order valence-corrected chi connectivity index (χ4v) is 2.79. The molecule has 0 aromatic heterocycles. The first kappa shape index (κ1) is 13.4. The number of hydrogen-bond donors (Lipinski definition) is 1. The third kappa shape index (κ3) is 2.69. The fraction of sp³-hybridized carbons (Fsp3) is 0.500. The molecule has 18 heavy (non-hydrogen) atoms. The van der Waals surface area contributed by atoms with Crippen molar-refractivity contribution in [2.75, 3.05) is 11.4 Å². The summed E-state index contributed by atoms with van der Waals surface area (Å²) in [6, 6.07) is 8.66. The SMILES string of the molecule is CCCC(C)C1CN=C(N)N1c1ccc(Br)cc1. The summed E-state index contributed by atoms with van der Waals surface area (Å²) in [5, 5.41) is 0. The van der Waals surface area contributed by atoms with E-state index in [1.54, 1.807) is 0 Å². The van der Waals surface area contributed by atoms with Crippen molar-refractivity contribution in [3.05, 3.63) is 28.7 Å². The molecule has 1 aromatic rings. The molecule has 1 aromatic carbocycles. The van der Waals surface area contributed by atoms with E-state index in [1.807, 2.05) is 12.1 Å². The highest BCUT2D eigenvalue weighted by molar-refractivity contribution is 9.10. The van der Waals surface area contributed by atoms with Crippen molar-refractivity contribution >= 4 is 27.6 Å². The van der Waals surface area contributed by atoms with E-state index in [0.717, 1.165) is 16.7 Å². The minimum Gasteiger partial charge on any atom is -0.370 e. The van der Waals surface area contributed by atoms with Crippen molar-refractivity contribution in [1.29, 1.82) is 0 Å². The smallest absolute Gasteiger partial charge is 0.196 e. The standard InChI is InChI=1S/C14H20BrN3/c1-3-4-10(2)13-9-17-14(16)18(13)12-7-5-11(15)6-8-12/h5-8,10,13H,3-4,9H2,1-2H3,(H2,16,17). The van der Waals surface area contributed by atoms with Gasteiger partial charge in [0.1, 0.15) is 0 Å². The van der Waals surface area contributed by atoms with Crippen molar-refractivity contribution in [3.8, 4) is 0 Å². The molecule has 98 valence electrons. The number of nitrogens with two attached hydrogens (primary N) is 1. The number of aliphatic imine (C=N–C) groups is 1. The number of hydrogen-bond acceptors (Lipinski definition) is 3. The third-order valence-electron chi connectivity index (χ3n) is 3.52. The van der Waals surface area contributed by atoms with Crippen LogP contribution in [0.25, 0.3) is 0 Å². The van der Waals surface area contributed by atoms with Crippen molar-refractivity contribution in [1.82, 2.24) is 0 Å². The Balaban J connectivity index is 2.22. The van der Waals surface area contributed by atoms with Gasteiger partial charge in [-0.3, -0.25) is 4.99 Å². The monoisotopic (exact) mass is 309 g/mol. The molecule has 2 rings (SSSR count). The Hall–Kier alpha value is -1.03. The molecule has 0 spiro atoms. The Bertz CT molecular complexity index is 427. The molecular formula is C14H20BrN3. The van der Waals surface area contributed by atoms with Crippen molar-refractivity contribution in [2.45, 2.75) is 32.7 Å². The largest absolute Gasteiger partial charge is 0.370 e. The molecule has 3 nitrogen and oxygen atoms in total. The molecule has 2 N–H and O–H groups in total. The zero-order chi connectivity index (χ0) is 13.1. The van der Waals surface area contributed by atoms with Gasteiger partial charge in [0.15, 0.2) is 5.96 Å². The summed E-state index contributed by atoms with van der Waals surface area (Å²) in [5.74, 6) is 1.24. The first-order valence-corrected chi connectivity index (χ1v) is 7.27. The second-order valence-corrected chi connectivity index (χ2v) is 5.79. The molecule has 2 atom stereocenters. The van der Waals surface area contributed by atoms with Crippen LogP contribution in [0.1, 0.15) is 26.7 Å². The van der Waals surface area contributed by atoms with E-state index in [1.165, 1.54) is 12.8 Å². The van der Waals surface area contributed by atoms with Gasteiger partial charge in [-0.1, -0.05) is 36.2 Å². The summed E-state index contributed by atoms with van der Waals surface area (Å²) in [5.41, 5.74) is 7.17. The second kappa shape index (κ2) is 5.74. The number of rotatable bonds is 4. The number of guanidine groups is 1. The van der Waals surface area contributed by atoms with Gasteiger partial charge in [0.2, 0.25) is 0 Å². The summed E-state index contributed by atoms with van der Waals surface area (Å²) in [6.07, 6.45) is 2.41. The topological polar surface area (TPSA) is 41.6 Å². The summed E-state index contributed by atoms with van der Waals surface area (Å²) >= 11 is 3.46. The molecule has 0 radical (unpaired) electrons. The summed E-state index contributed by atoms with van der Waals surface area (Å²) < 4.78 is 1.08. The highest BCUT2D eigenvalue weighted by Gasteiger charge is 2.31. The van der Waals surface area contributed by atoms with Crippen LogP contribution in [-0.4, -0.2) is 18.5 Å². The number of halogens is 1. The fourth-order valence-electron chi connectivity index (χ4n) is 2.52. The van der Waals surface area contributed by atoms with Gasteiger partial charge >= 0.3 is 0 Å². The maximum atomic E-state index is 6.04. The highest BCUT2D eigenvalue weighted by Crippen LogP contribution is 2.28. The van der Waals surface area contributed by atoms with E-state index in [9.17, 15) is 0 Å². The van der Waals surface area contributed by atoms with Crippen molar-refractivity contribution in [3.63, 3.8) is 0 Å². The van der Waals surface area contributed by atoms with E-state index in [-0.39, 0.29) is 0 Å². The molecule has 0 aliphatic carbocycles. The van der Waals surface area contributed by atoms with E-state index in [2.05, 4.69) is 51.8 Å². The minimum atomic E-state index is 0.395. The molecule has 0 saturated heterocycles. The van der Waals surface area contributed by atoms with Gasteiger partial charge in [-0.25, -0.2) is 0 Å². The molecule has 1 aliphatic rings. The highest BCUT2D eigenvalue weighted by atomic mass is 79.9. The zero-order valence-corrected chi connectivity index (χ0v) is 12.5. The Kier molecular flexibility index (Phi) is 4.27. The van der Waals surface area contributed by atoms with Gasteiger partial charge < -0.3 is 10.6 Å². The first-order chi connectivity index (χ1) is 8.63. The average Bonchev–Trinajstić information content (AvgIpc) is 2.73. The molecule has 2 unspecified atom stereocenters. The van der Waals surface area contributed by atoms with Gasteiger partial charge in [0.25, 0.3) is 0 Å². The molecule has 1 aliphatic heterocycles. The quantitative estimate of drug-likeness (QED) is 0.926. The predicted octanol–water partition coefficient (Wildman–Crippen LogP) is 3.39. The van der Waals surface area contributed by atoms with Crippen LogP contribution < -0.4 is 10.6 Å². The van der Waals surface area contributed by atoms with Crippen LogP contribution >= 0.6 is 15.9 Å². The van der Waals surface area contributed by atoms with Crippen LogP contribution in [0.15, 0.2) is 33.7 Å². The number of nitrogens with zero attached hydrogens (tertiary/aromatic N) is 2. The van der Waals surface area contributed by atoms with Crippen LogP contribution in [0.2, 0.25) is 0 Å². The Labute approximate surface area is 117 Å². The molecule has 0 saturated carbocycles.